The van der Waals surface area contributed by atoms with Crippen LogP contribution in [-0.2, 0) is 0 Å². The summed E-state index contributed by atoms with van der Waals surface area (Å²) in [5, 5.41) is 2.89. The molecule has 0 radical (unpaired) electrons. The molecule has 2 N–H and O–H groups in total. The first-order valence-electron chi connectivity index (χ1n) is 6.38. The van der Waals surface area contributed by atoms with Crippen LogP contribution in [0.2, 0.25) is 0 Å². The predicted molar refractivity (Wildman–Crippen MR) is 91.1 cm³/mol. The molecule has 104 valence electrons. The van der Waals surface area contributed by atoms with E-state index in [4.69, 9.17) is 0 Å². The molecule has 3 aromatic rings. The molecule has 0 saturated heterocycles. The summed E-state index contributed by atoms with van der Waals surface area (Å²) in [6, 6.07) is 15.1. The lowest BCUT2D eigenvalue weighted by Gasteiger charge is -2.06. The van der Waals surface area contributed by atoms with E-state index in [1.54, 1.807) is 18.6 Å². The molecular formula is C16H12IN3O. The van der Waals surface area contributed by atoms with E-state index in [2.05, 4.69) is 37.9 Å². The number of benzene rings is 2. The highest BCUT2D eigenvalue weighted by Crippen LogP contribution is 2.19. The number of nitrogens with zero attached hydrogens (tertiary/aromatic N) is 1. The Labute approximate surface area is 135 Å². The van der Waals surface area contributed by atoms with Gasteiger partial charge in [0.05, 0.1) is 18.2 Å². The van der Waals surface area contributed by atoms with Gasteiger partial charge in [0.2, 0.25) is 0 Å². The monoisotopic (exact) mass is 389 g/mol. The number of amides is 1. The second-order valence-corrected chi connectivity index (χ2v) is 5.75. The van der Waals surface area contributed by atoms with Gasteiger partial charge in [-0.05, 0) is 58.5 Å². The minimum Gasteiger partial charge on any atom is -0.345 e. The Bertz CT molecular complexity index is 751. The Morgan fingerprint density at radius 1 is 1.14 bits per heavy atom. The number of hydrogen-bond donors (Lipinski definition) is 2. The van der Waals surface area contributed by atoms with Gasteiger partial charge in [-0.1, -0.05) is 18.2 Å². The number of carbonyl (C=O) groups excluding carboxylic acids is 1. The summed E-state index contributed by atoms with van der Waals surface area (Å²) in [5.74, 6) is -0.109. The number of H-pyrrole nitrogens is 1. The molecule has 4 nitrogen and oxygen atoms in total. The molecule has 0 fully saturated rings. The van der Waals surface area contributed by atoms with Crippen LogP contribution in [-0.4, -0.2) is 15.9 Å². The fourth-order valence-corrected chi connectivity index (χ4v) is 2.52. The van der Waals surface area contributed by atoms with E-state index in [-0.39, 0.29) is 5.91 Å². The molecule has 0 aliphatic rings. The molecule has 5 heteroatoms. The zero-order chi connectivity index (χ0) is 14.7. The number of hydrogen-bond acceptors (Lipinski definition) is 2. The van der Waals surface area contributed by atoms with Crippen LogP contribution in [0.25, 0.3) is 11.3 Å². The Morgan fingerprint density at radius 3 is 2.62 bits per heavy atom. The van der Waals surface area contributed by atoms with E-state index in [9.17, 15) is 4.79 Å². The van der Waals surface area contributed by atoms with Crippen LogP contribution in [0.3, 0.4) is 0 Å². The fraction of sp³-hybridized carbons (Fsp3) is 0. The van der Waals surface area contributed by atoms with Crippen LogP contribution in [0.1, 0.15) is 10.4 Å². The van der Waals surface area contributed by atoms with E-state index in [0.29, 0.717) is 5.56 Å². The summed E-state index contributed by atoms with van der Waals surface area (Å²) in [5.41, 5.74) is 3.40. The molecule has 0 saturated carbocycles. The maximum Gasteiger partial charge on any atom is 0.255 e. The Balaban J connectivity index is 1.75. The number of aromatic nitrogens is 2. The lowest BCUT2D eigenvalue weighted by Crippen LogP contribution is -2.11. The lowest BCUT2D eigenvalue weighted by molar-refractivity contribution is 0.102. The minimum absolute atomic E-state index is 0.109. The van der Waals surface area contributed by atoms with Gasteiger partial charge < -0.3 is 10.3 Å². The van der Waals surface area contributed by atoms with Gasteiger partial charge in [-0.3, -0.25) is 4.79 Å². The summed E-state index contributed by atoms with van der Waals surface area (Å²) >= 11 is 2.19. The van der Waals surface area contributed by atoms with Crippen molar-refractivity contribution in [1.29, 1.82) is 0 Å². The standard InChI is InChI=1S/C16H12IN3O/c17-13-3-1-2-12(8-13)16(21)20-14-6-4-11(5-7-14)15-9-18-10-19-15/h1-10H,(H,18,19)(H,20,21). The highest BCUT2D eigenvalue weighted by atomic mass is 127. The molecule has 0 atom stereocenters. The van der Waals surface area contributed by atoms with Gasteiger partial charge in [0, 0.05) is 14.8 Å². The lowest BCUT2D eigenvalue weighted by atomic mass is 10.1. The van der Waals surface area contributed by atoms with E-state index < -0.39 is 0 Å². The number of imidazole rings is 1. The first-order valence-corrected chi connectivity index (χ1v) is 7.46. The maximum atomic E-state index is 12.1. The van der Waals surface area contributed by atoms with Crippen molar-refractivity contribution in [1.82, 2.24) is 9.97 Å². The van der Waals surface area contributed by atoms with Crippen LogP contribution in [0.4, 0.5) is 5.69 Å². The first kappa shape index (κ1) is 13.8. The molecular weight excluding hydrogens is 377 g/mol. The number of aromatic amines is 1. The molecule has 0 unspecified atom stereocenters. The zero-order valence-corrected chi connectivity index (χ0v) is 13.2. The Morgan fingerprint density at radius 2 is 1.95 bits per heavy atom. The Kier molecular flexibility index (Phi) is 4.01. The molecule has 3 rings (SSSR count). The first-order chi connectivity index (χ1) is 10.2. The van der Waals surface area contributed by atoms with E-state index in [0.717, 1.165) is 20.5 Å². The van der Waals surface area contributed by atoms with Gasteiger partial charge >= 0.3 is 0 Å². The molecule has 0 spiro atoms. The van der Waals surface area contributed by atoms with E-state index in [1.165, 1.54) is 0 Å². The highest BCUT2D eigenvalue weighted by Gasteiger charge is 2.06. The smallest absolute Gasteiger partial charge is 0.255 e. The van der Waals surface area contributed by atoms with Crippen molar-refractivity contribution in [2.45, 2.75) is 0 Å². The van der Waals surface area contributed by atoms with Crippen molar-refractivity contribution in [2.24, 2.45) is 0 Å². The van der Waals surface area contributed by atoms with Crippen molar-refractivity contribution >= 4 is 34.2 Å². The third kappa shape index (κ3) is 3.30. The van der Waals surface area contributed by atoms with Crippen LogP contribution < -0.4 is 5.32 Å². The quantitative estimate of drug-likeness (QED) is 0.667. The molecule has 1 amide bonds. The van der Waals surface area contributed by atoms with Crippen molar-refractivity contribution < 1.29 is 4.79 Å². The van der Waals surface area contributed by atoms with Crippen LogP contribution in [0.15, 0.2) is 61.1 Å². The van der Waals surface area contributed by atoms with Crippen LogP contribution in [0, 0.1) is 3.57 Å². The summed E-state index contributed by atoms with van der Waals surface area (Å²) < 4.78 is 1.04. The van der Waals surface area contributed by atoms with Gasteiger partial charge in [0.15, 0.2) is 0 Å². The third-order valence-corrected chi connectivity index (χ3v) is 3.71. The van der Waals surface area contributed by atoms with Crippen molar-refractivity contribution in [2.75, 3.05) is 5.32 Å². The minimum atomic E-state index is -0.109. The van der Waals surface area contributed by atoms with Crippen molar-refractivity contribution in [3.63, 3.8) is 0 Å². The Hall–Kier alpha value is -2.15. The average molecular weight is 389 g/mol. The van der Waals surface area contributed by atoms with Gasteiger partial charge in [-0.2, -0.15) is 0 Å². The molecule has 1 heterocycles. The fourth-order valence-electron chi connectivity index (χ4n) is 1.98. The normalized spacial score (nSPS) is 10.3. The van der Waals surface area contributed by atoms with E-state index in [1.807, 2.05) is 42.5 Å². The van der Waals surface area contributed by atoms with Gasteiger partial charge in [0.1, 0.15) is 0 Å². The average Bonchev–Trinajstić information content (AvgIpc) is 3.02. The summed E-state index contributed by atoms with van der Waals surface area (Å²) in [6.45, 7) is 0. The largest absolute Gasteiger partial charge is 0.345 e. The zero-order valence-electron chi connectivity index (χ0n) is 11.0. The van der Waals surface area contributed by atoms with Crippen molar-refractivity contribution in [3.8, 4) is 11.3 Å². The van der Waals surface area contributed by atoms with Gasteiger partial charge in [0.25, 0.3) is 5.91 Å². The van der Waals surface area contributed by atoms with Crippen LogP contribution in [0.5, 0.6) is 0 Å². The highest BCUT2D eigenvalue weighted by molar-refractivity contribution is 14.1. The second-order valence-electron chi connectivity index (χ2n) is 4.51. The third-order valence-electron chi connectivity index (χ3n) is 3.04. The van der Waals surface area contributed by atoms with E-state index >= 15 is 0 Å². The van der Waals surface area contributed by atoms with Gasteiger partial charge in [-0.15, -0.1) is 0 Å². The molecule has 2 aromatic carbocycles. The maximum absolute atomic E-state index is 12.1. The second kappa shape index (κ2) is 6.09. The number of carbonyl (C=O) groups is 1. The SMILES string of the molecule is O=C(Nc1ccc(-c2cnc[nH]2)cc1)c1cccc(I)c1. The van der Waals surface area contributed by atoms with Crippen molar-refractivity contribution in [3.05, 3.63) is 70.2 Å². The number of halogens is 1. The molecule has 0 bridgehead atoms. The molecule has 1 aromatic heterocycles. The topological polar surface area (TPSA) is 57.8 Å². The molecule has 21 heavy (non-hydrogen) atoms. The summed E-state index contributed by atoms with van der Waals surface area (Å²) in [4.78, 5) is 19.2. The summed E-state index contributed by atoms with van der Waals surface area (Å²) in [7, 11) is 0. The van der Waals surface area contributed by atoms with Crippen LogP contribution >= 0.6 is 22.6 Å². The molecule has 0 aliphatic heterocycles. The number of nitrogens with one attached hydrogen (secondary N) is 2. The number of rotatable bonds is 3. The van der Waals surface area contributed by atoms with Gasteiger partial charge in [-0.25, -0.2) is 4.98 Å². The predicted octanol–water partition coefficient (Wildman–Crippen LogP) is 3.93. The number of anilines is 1. The summed E-state index contributed by atoms with van der Waals surface area (Å²) in [6.07, 6.45) is 3.40. The molecule has 0 aliphatic carbocycles.